The van der Waals surface area contributed by atoms with E-state index in [1.807, 2.05) is 4.83 Å². The fraction of sp³-hybridized carbons (Fsp3) is 0.125. The highest BCUT2D eigenvalue weighted by atomic mass is 32.2. The average molecular weight is 243 g/mol. The Hall–Kier alpha value is -1.96. The van der Waals surface area contributed by atoms with Gasteiger partial charge in [0.25, 0.3) is 5.69 Å². The molecule has 0 heterocycles. The summed E-state index contributed by atoms with van der Waals surface area (Å²) in [4.78, 5) is 11.7. The smallest absolute Gasteiger partial charge is 0.258 e. The molecule has 7 nitrogen and oxygen atoms in total. The van der Waals surface area contributed by atoms with Crippen molar-refractivity contribution in [3.8, 4) is 0 Å². The van der Waals surface area contributed by atoms with Crippen LogP contribution in [-0.4, -0.2) is 25.8 Å². The van der Waals surface area contributed by atoms with Gasteiger partial charge in [-0.15, -0.1) is 0 Å². The van der Waals surface area contributed by atoms with E-state index >= 15 is 0 Å². The standard InChI is InChI=1S/C8H9N3O4S/c1-16(14,15)10-9-6-7-2-4-8(5-3-7)11(12)13/h2-6,10H,1H3/b9-6+. The summed E-state index contributed by atoms with van der Waals surface area (Å²) in [6, 6.07) is 5.54. The van der Waals surface area contributed by atoms with Crippen LogP contribution in [0.25, 0.3) is 0 Å². The Morgan fingerprint density at radius 2 is 1.94 bits per heavy atom. The largest absolute Gasteiger partial charge is 0.269 e. The molecule has 0 aliphatic rings. The van der Waals surface area contributed by atoms with Gasteiger partial charge in [0, 0.05) is 12.1 Å². The molecular formula is C8H9N3O4S. The fourth-order valence-electron chi connectivity index (χ4n) is 0.879. The van der Waals surface area contributed by atoms with Crippen molar-refractivity contribution in [3.63, 3.8) is 0 Å². The molecule has 0 saturated heterocycles. The molecule has 0 fully saturated rings. The van der Waals surface area contributed by atoms with Gasteiger partial charge in [0.05, 0.1) is 17.4 Å². The maximum absolute atomic E-state index is 10.7. The van der Waals surface area contributed by atoms with Crippen LogP contribution >= 0.6 is 0 Å². The first-order valence-electron chi connectivity index (χ1n) is 4.13. The van der Waals surface area contributed by atoms with Gasteiger partial charge in [-0.25, -0.2) is 13.2 Å². The molecule has 0 bridgehead atoms. The molecule has 0 saturated carbocycles. The number of hydrazone groups is 1. The van der Waals surface area contributed by atoms with Gasteiger partial charge in [-0.05, 0) is 17.7 Å². The molecule has 0 aromatic heterocycles. The highest BCUT2D eigenvalue weighted by molar-refractivity contribution is 7.88. The van der Waals surface area contributed by atoms with Gasteiger partial charge in [0.15, 0.2) is 0 Å². The number of hydrogen-bond acceptors (Lipinski definition) is 5. The zero-order chi connectivity index (χ0) is 12.2. The summed E-state index contributed by atoms with van der Waals surface area (Å²) >= 11 is 0. The molecule has 0 radical (unpaired) electrons. The topological polar surface area (TPSA) is 102 Å². The maximum Gasteiger partial charge on any atom is 0.269 e. The Balaban J connectivity index is 2.73. The fourth-order valence-corrected chi connectivity index (χ4v) is 1.12. The minimum absolute atomic E-state index is 0.0341. The molecule has 1 aromatic rings. The molecule has 0 unspecified atom stereocenters. The molecular weight excluding hydrogens is 234 g/mol. The molecule has 8 heteroatoms. The van der Waals surface area contributed by atoms with Crippen molar-refractivity contribution >= 4 is 21.9 Å². The third-order valence-corrected chi connectivity index (χ3v) is 1.97. The number of sulfonamides is 1. The van der Waals surface area contributed by atoms with Crippen molar-refractivity contribution in [2.75, 3.05) is 6.26 Å². The van der Waals surface area contributed by atoms with E-state index in [-0.39, 0.29) is 5.69 Å². The van der Waals surface area contributed by atoms with Gasteiger partial charge in [0.2, 0.25) is 10.0 Å². The number of nitrogens with one attached hydrogen (secondary N) is 1. The van der Waals surface area contributed by atoms with Crippen molar-refractivity contribution in [1.82, 2.24) is 4.83 Å². The van der Waals surface area contributed by atoms with Crippen LogP contribution < -0.4 is 4.83 Å². The normalized spacial score (nSPS) is 11.6. The highest BCUT2D eigenvalue weighted by Crippen LogP contribution is 2.10. The lowest BCUT2D eigenvalue weighted by Crippen LogP contribution is -2.15. The maximum atomic E-state index is 10.7. The summed E-state index contributed by atoms with van der Waals surface area (Å²) in [6.07, 6.45) is 2.23. The number of nitro benzene ring substituents is 1. The summed E-state index contributed by atoms with van der Waals surface area (Å²) in [5, 5.41) is 13.8. The van der Waals surface area contributed by atoms with E-state index in [1.54, 1.807) is 0 Å². The van der Waals surface area contributed by atoms with E-state index < -0.39 is 14.9 Å². The summed E-state index contributed by atoms with van der Waals surface area (Å²) in [6.45, 7) is 0. The molecule has 0 amide bonds. The SMILES string of the molecule is CS(=O)(=O)N/N=C/c1ccc([N+](=O)[O-])cc1. The second-order valence-corrected chi connectivity index (χ2v) is 4.70. The van der Waals surface area contributed by atoms with E-state index in [2.05, 4.69) is 5.10 Å². The summed E-state index contributed by atoms with van der Waals surface area (Å²) in [5.74, 6) is 0. The van der Waals surface area contributed by atoms with Crippen molar-refractivity contribution in [2.24, 2.45) is 5.10 Å². The number of benzene rings is 1. The lowest BCUT2D eigenvalue weighted by Gasteiger charge is -1.95. The van der Waals surface area contributed by atoms with E-state index in [0.717, 1.165) is 6.26 Å². The van der Waals surface area contributed by atoms with Gasteiger partial charge in [-0.1, -0.05) is 0 Å². The highest BCUT2D eigenvalue weighted by Gasteiger charge is 2.02. The molecule has 16 heavy (non-hydrogen) atoms. The van der Waals surface area contributed by atoms with Gasteiger partial charge < -0.3 is 0 Å². The van der Waals surface area contributed by atoms with Crippen molar-refractivity contribution in [3.05, 3.63) is 39.9 Å². The first-order valence-corrected chi connectivity index (χ1v) is 6.02. The number of nitro groups is 1. The molecule has 1 N–H and O–H groups in total. The molecule has 0 spiro atoms. The van der Waals surface area contributed by atoms with E-state index in [0.29, 0.717) is 5.56 Å². The number of nitrogens with zero attached hydrogens (tertiary/aromatic N) is 2. The summed E-state index contributed by atoms with van der Waals surface area (Å²) in [5.41, 5.74) is 0.523. The van der Waals surface area contributed by atoms with E-state index in [4.69, 9.17) is 0 Å². The summed E-state index contributed by atoms with van der Waals surface area (Å²) in [7, 11) is -3.37. The van der Waals surface area contributed by atoms with Crippen LogP contribution in [0.5, 0.6) is 0 Å². The minimum Gasteiger partial charge on any atom is -0.258 e. The van der Waals surface area contributed by atoms with E-state index in [9.17, 15) is 18.5 Å². The zero-order valence-corrected chi connectivity index (χ0v) is 9.14. The Morgan fingerprint density at radius 3 is 2.38 bits per heavy atom. The van der Waals surface area contributed by atoms with Crippen molar-refractivity contribution < 1.29 is 13.3 Å². The van der Waals surface area contributed by atoms with Crippen LogP contribution in [0.1, 0.15) is 5.56 Å². The minimum atomic E-state index is -3.37. The Bertz CT molecular complexity index is 507. The molecule has 0 aliphatic carbocycles. The quantitative estimate of drug-likeness (QED) is 0.472. The van der Waals surface area contributed by atoms with Gasteiger partial charge in [0.1, 0.15) is 0 Å². The van der Waals surface area contributed by atoms with Gasteiger partial charge >= 0.3 is 0 Å². The monoisotopic (exact) mass is 243 g/mol. The first kappa shape index (κ1) is 12.1. The number of rotatable bonds is 4. The second kappa shape index (κ2) is 4.71. The van der Waals surface area contributed by atoms with Crippen molar-refractivity contribution in [2.45, 2.75) is 0 Å². The molecule has 1 rings (SSSR count). The second-order valence-electron chi connectivity index (χ2n) is 2.97. The van der Waals surface area contributed by atoms with Gasteiger partial charge in [-0.3, -0.25) is 10.1 Å². The van der Waals surface area contributed by atoms with Crippen LogP contribution in [0.4, 0.5) is 5.69 Å². The zero-order valence-electron chi connectivity index (χ0n) is 8.32. The van der Waals surface area contributed by atoms with Crippen LogP contribution in [0.15, 0.2) is 29.4 Å². The first-order chi connectivity index (χ1) is 7.38. The number of non-ortho nitro benzene ring substituents is 1. The van der Waals surface area contributed by atoms with Crippen molar-refractivity contribution in [1.29, 1.82) is 0 Å². The Labute approximate surface area is 92.0 Å². The van der Waals surface area contributed by atoms with Crippen LogP contribution in [0, 0.1) is 10.1 Å². The predicted octanol–water partition coefficient (Wildman–Crippen LogP) is 0.478. The third kappa shape index (κ3) is 4.05. The lowest BCUT2D eigenvalue weighted by molar-refractivity contribution is -0.384. The lowest BCUT2D eigenvalue weighted by atomic mass is 10.2. The Kier molecular flexibility index (Phi) is 3.56. The molecule has 0 atom stereocenters. The van der Waals surface area contributed by atoms with Crippen LogP contribution in [0.2, 0.25) is 0 Å². The molecule has 1 aromatic carbocycles. The number of hydrogen-bond donors (Lipinski definition) is 1. The Morgan fingerprint density at radius 1 is 1.38 bits per heavy atom. The molecule has 86 valence electrons. The third-order valence-electron chi connectivity index (χ3n) is 1.54. The average Bonchev–Trinajstić information content (AvgIpc) is 2.16. The predicted molar refractivity (Wildman–Crippen MR) is 58.7 cm³/mol. The van der Waals surface area contributed by atoms with Crippen LogP contribution in [0.3, 0.4) is 0 Å². The molecule has 0 aliphatic heterocycles. The van der Waals surface area contributed by atoms with Gasteiger partial charge in [-0.2, -0.15) is 5.10 Å². The summed E-state index contributed by atoms with van der Waals surface area (Å²) < 4.78 is 21.3. The van der Waals surface area contributed by atoms with E-state index in [1.165, 1.54) is 30.5 Å². The van der Waals surface area contributed by atoms with Crippen LogP contribution in [-0.2, 0) is 10.0 Å².